The van der Waals surface area contributed by atoms with E-state index in [0.717, 1.165) is 24.5 Å². The second-order valence-corrected chi connectivity index (χ2v) is 7.27. The third kappa shape index (κ3) is 4.10. The molecule has 0 bridgehead atoms. The fourth-order valence-electron chi connectivity index (χ4n) is 3.89. The number of nitriles is 1. The van der Waals surface area contributed by atoms with Gasteiger partial charge in [0, 0.05) is 0 Å². The summed E-state index contributed by atoms with van der Waals surface area (Å²) in [4.78, 5) is 2.49. The highest BCUT2D eigenvalue weighted by molar-refractivity contribution is 5.35. The first kappa shape index (κ1) is 18.3. The molecule has 2 aromatic carbocycles. The van der Waals surface area contributed by atoms with Gasteiger partial charge in [-0.1, -0.05) is 55.3 Å². The van der Waals surface area contributed by atoms with Crippen LogP contribution in [0.4, 0.5) is 0 Å². The zero-order valence-corrected chi connectivity index (χ0v) is 15.9. The summed E-state index contributed by atoms with van der Waals surface area (Å²) in [6.07, 6.45) is 4.91. The van der Waals surface area contributed by atoms with E-state index in [-0.39, 0.29) is 6.04 Å². The molecule has 1 aliphatic heterocycles. The molecule has 6 nitrogen and oxygen atoms in total. The predicted molar refractivity (Wildman–Crippen MR) is 106 cm³/mol. The molecule has 2 heterocycles. The van der Waals surface area contributed by atoms with E-state index in [4.69, 9.17) is 5.26 Å². The zero-order valence-electron chi connectivity index (χ0n) is 15.9. The Morgan fingerprint density at radius 2 is 1.64 bits per heavy atom. The van der Waals surface area contributed by atoms with Gasteiger partial charge in [0.2, 0.25) is 0 Å². The summed E-state index contributed by atoms with van der Waals surface area (Å²) in [5.74, 6) is 0.857. The molecule has 142 valence electrons. The average Bonchev–Trinajstić information content (AvgIpc) is 3.01. The largest absolute Gasteiger partial charge is 0.290 e. The van der Waals surface area contributed by atoms with Crippen LogP contribution in [-0.2, 0) is 6.54 Å². The summed E-state index contributed by atoms with van der Waals surface area (Å²) in [6.45, 7) is 2.70. The number of nitrogens with zero attached hydrogens (tertiary/aromatic N) is 6. The van der Waals surface area contributed by atoms with Gasteiger partial charge in [0.1, 0.15) is 0 Å². The molecule has 28 heavy (non-hydrogen) atoms. The van der Waals surface area contributed by atoms with E-state index in [2.05, 4.69) is 38.6 Å². The minimum atomic E-state index is -0.00967. The third-order valence-electron chi connectivity index (χ3n) is 5.34. The molecule has 0 N–H and O–H groups in total. The van der Waals surface area contributed by atoms with Gasteiger partial charge in [-0.25, -0.2) is 4.68 Å². The van der Waals surface area contributed by atoms with Crippen LogP contribution >= 0.6 is 0 Å². The monoisotopic (exact) mass is 372 g/mol. The van der Waals surface area contributed by atoms with E-state index in [1.54, 1.807) is 0 Å². The predicted octanol–water partition coefficient (Wildman–Crippen LogP) is 3.56. The highest BCUT2D eigenvalue weighted by Gasteiger charge is 2.28. The Morgan fingerprint density at radius 3 is 2.32 bits per heavy atom. The van der Waals surface area contributed by atoms with Gasteiger partial charge in [-0.05, 0) is 59.6 Å². The summed E-state index contributed by atoms with van der Waals surface area (Å²) in [6, 6.07) is 20.3. The topological polar surface area (TPSA) is 70.6 Å². The summed E-state index contributed by atoms with van der Waals surface area (Å²) >= 11 is 0. The molecular formula is C22H24N6. The maximum atomic E-state index is 9.15. The van der Waals surface area contributed by atoms with Crippen molar-refractivity contribution in [1.29, 1.82) is 5.26 Å². The molecule has 0 spiro atoms. The van der Waals surface area contributed by atoms with Gasteiger partial charge in [-0.15, -0.1) is 5.10 Å². The normalized spacial score (nSPS) is 16.2. The van der Waals surface area contributed by atoms with E-state index in [0.29, 0.717) is 12.1 Å². The van der Waals surface area contributed by atoms with Crippen LogP contribution in [0.15, 0.2) is 54.6 Å². The van der Waals surface area contributed by atoms with E-state index < -0.39 is 0 Å². The van der Waals surface area contributed by atoms with Crippen LogP contribution in [-0.4, -0.2) is 38.2 Å². The van der Waals surface area contributed by atoms with Crippen molar-refractivity contribution >= 4 is 0 Å². The Hall–Kier alpha value is -3.04. The minimum absolute atomic E-state index is 0.00967. The van der Waals surface area contributed by atoms with E-state index in [1.807, 2.05) is 47.1 Å². The van der Waals surface area contributed by atoms with Crippen LogP contribution in [0.5, 0.6) is 0 Å². The van der Waals surface area contributed by atoms with Crippen LogP contribution in [0.3, 0.4) is 0 Å². The van der Waals surface area contributed by atoms with Crippen LogP contribution in [0.1, 0.15) is 54.2 Å². The van der Waals surface area contributed by atoms with Gasteiger partial charge in [-0.3, -0.25) is 4.90 Å². The number of aromatic nitrogens is 4. The lowest BCUT2D eigenvalue weighted by molar-refractivity contribution is 0.222. The van der Waals surface area contributed by atoms with E-state index >= 15 is 0 Å². The van der Waals surface area contributed by atoms with Crippen LogP contribution < -0.4 is 0 Å². The molecule has 1 fully saturated rings. The molecule has 0 aliphatic carbocycles. The Bertz CT molecular complexity index is 918. The van der Waals surface area contributed by atoms with Gasteiger partial charge < -0.3 is 0 Å². The fourth-order valence-corrected chi connectivity index (χ4v) is 3.89. The van der Waals surface area contributed by atoms with Gasteiger partial charge in [0.25, 0.3) is 0 Å². The van der Waals surface area contributed by atoms with Crippen molar-refractivity contribution in [2.75, 3.05) is 13.1 Å². The minimum Gasteiger partial charge on any atom is -0.290 e. The first-order chi connectivity index (χ1) is 13.8. The number of hydrogen-bond acceptors (Lipinski definition) is 5. The van der Waals surface area contributed by atoms with Crippen LogP contribution in [0.2, 0.25) is 0 Å². The first-order valence-electron chi connectivity index (χ1n) is 9.89. The van der Waals surface area contributed by atoms with Gasteiger partial charge in [-0.2, -0.15) is 5.26 Å². The lowest BCUT2D eigenvalue weighted by atomic mass is 10.0. The standard InChI is InChI=1S/C22H24N6/c23-16-18-10-12-20(13-11-18)21(27-14-6-1-2-7-15-27)22-24-25-26-28(22)17-19-8-4-3-5-9-19/h3-5,8-13,21H,1-2,6-7,14-15,17H2. The van der Waals surface area contributed by atoms with Crippen molar-refractivity contribution in [2.24, 2.45) is 0 Å². The van der Waals surface area contributed by atoms with Gasteiger partial charge in [0.05, 0.1) is 24.2 Å². The van der Waals surface area contributed by atoms with Crippen molar-refractivity contribution in [3.05, 3.63) is 77.1 Å². The molecule has 0 amide bonds. The number of tetrazole rings is 1. The second-order valence-electron chi connectivity index (χ2n) is 7.27. The molecule has 1 atom stereocenters. The number of rotatable bonds is 5. The summed E-state index contributed by atoms with van der Waals surface area (Å²) in [5, 5.41) is 21.9. The summed E-state index contributed by atoms with van der Waals surface area (Å²) in [7, 11) is 0. The molecule has 4 rings (SSSR count). The van der Waals surface area contributed by atoms with Crippen molar-refractivity contribution in [2.45, 2.75) is 38.3 Å². The second kappa shape index (κ2) is 8.77. The molecular weight excluding hydrogens is 348 g/mol. The summed E-state index contributed by atoms with van der Waals surface area (Å²) in [5.41, 5.74) is 2.97. The zero-order chi connectivity index (χ0) is 19.2. The maximum absolute atomic E-state index is 9.15. The van der Waals surface area contributed by atoms with Crippen LogP contribution in [0, 0.1) is 11.3 Å². The van der Waals surface area contributed by atoms with Crippen molar-refractivity contribution in [1.82, 2.24) is 25.1 Å². The number of likely N-dealkylation sites (tertiary alicyclic amines) is 1. The molecule has 0 radical (unpaired) electrons. The number of hydrogen-bond donors (Lipinski definition) is 0. The van der Waals surface area contributed by atoms with Gasteiger partial charge >= 0.3 is 0 Å². The Kier molecular flexibility index (Phi) is 5.74. The SMILES string of the molecule is N#Cc1ccc(C(c2nnnn2Cc2ccccc2)N2CCCCCC2)cc1. The van der Waals surface area contributed by atoms with Crippen molar-refractivity contribution in [3.63, 3.8) is 0 Å². The van der Waals surface area contributed by atoms with E-state index in [9.17, 15) is 0 Å². The molecule has 1 aromatic heterocycles. The lowest BCUT2D eigenvalue weighted by Crippen LogP contribution is -2.33. The van der Waals surface area contributed by atoms with E-state index in [1.165, 1.54) is 31.2 Å². The molecule has 1 saturated heterocycles. The lowest BCUT2D eigenvalue weighted by Gasteiger charge is -2.30. The van der Waals surface area contributed by atoms with Crippen molar-refractivity contribution in [3.8, 4) is 6.07 Å². The molecule has 6 heteroatoms. The molecule has 3 aromatic rings. The molecule has 1 aliphatic rings. The Balaban J connectivity index is 1.71. The van der Waals surface area contributed by atoms with Gasteiger partial charge in [0.15, 0.2) is 5.82 Å². The Morgan fingerprint density at radius 1 is 0.929 bits per heavy atom. The highest BCUT2D eigenvalue weighted by atomic mass is 15.5. The average molecular weight is 372 g/mol. The maximum Gasteiger partial charge on any atom is 0.173 e. The third-order valence-corrected chi connectivity index (χ3v) is 5.34. The quantitative estimate of drug-likeness (QED) is 0.685. The smallest absolute Gasteiger partial charge is 0.173 e. The molecule has 1 unspecified atom stereocenters. The number of benzene rings is 2. The van der Waals surface area contributed by atoms with Crippen molar-refractivity contribution < 1.29 is 0 Å². The summed E-state index contributed by atoms with van der Waals surface area (Å²) < 4.78 is 1.91. The highest BCUT2D eigenvalue weighted by Crippen LogP contribution is 2.29. The fraction of sp³-hybridized carbons (Fsp3) is 0.364. The van der Waals surface area contributed by atoms with Crippen LogP contribution in [0.25, 0.3) is 0 Å². The first-order valence-corrected chi connectivity index (χ1v) is 9.89. The Labute approximate surface area is 165 Å². The molecule has 0 saturated carbocycles.